The third-order valence-electron chi connectivity index (χ3n) is 7.33. The van der Waals surface area contributed by atoms with E-state index in [9.17, 15) is 18.8 Å². The van der Waals surface area contributed by atoms with Gasteiger partial charge in [0.15, 0.2) is 6.17 Å². The molecule has 4 rings (SSSR count). The van der Waals surface area contributed by atoms with Crippen molar-refractivity contribution in [1.82, 2.24) is 15.1 Å². The van der Waals surface area contributed by atoms with Gasteiger partial charge < -0.3 is 20.9 Å². The van der Waals surface area contributed by atoms with E-state index in [2.05, 4.69) is 26.1 Å². The first kappa shape index (κ1) is 26.8. The first-order valence-electron chi connectivity index (χ1n) is 13.1. The van der Waals surface area contributed by atoms with Crippen LogP contribution in [0.5, 0.6) is 0 Å². The highest BCUT2D eigenvalue weighted by Gasteiger charge is 2.41. The molecular weight excluding hydrogens is 471 g/mol. The monoisotopic (exact) mass is 508 g/mol. The number of hydrogen-bond acceptors (Lipinski definition) is 4. The molecule has 1 aliphatic carbocycles. The van der Waals surface area contributed by atoms with E-state index in [1.807, 2.05) is 12.1 Å². The van der Waals surface area contributed by atoms with Gasteiger partial charge in [-0.3, -0.25) is 14.4 Å². The van der Waals surface area contributed by atoms with E-state index in [1.165, 1.54) is 28.0 Å². The summed E-state index contributed by atoms with van der Waals surface area (Å²) in [5.41, 5.74) is 7.65. The largest absolute Gasteiger partial charge is 0.350 e. The van der Waals surface area contributed by atoms with Crippen LogP contribution >= 0.6 is 0 Å². The first-order valence-corrected chi connectivity index (χ1v) is 13.1. The molecule has 1 saturated carbocycles. The van der Waals surface area contributed by atoms with Gasteiger partial charge in [0.1, 0.15) is 5.82 Å². The molecule has 2 aromatic rings. The summed E-state index contributed by atoms with van der Waals surface area (Å²) in [6.45, 7) is 6.92. The van der Waals surface area contributed by atoms with Crippen LogP contribution in [0.4, 0.5) is 4.39 Å². The van der Waals surface area contributed by atoms with Crippen molar-refractivity contribution in [1.29, 1.82) is 0 Å². The Kier molecular flexibility index (Phi) is 7.97. The lowest BCUT2D eigenvalue weighted by Gasteiger charge is -2.43. The first-order chi connectivity index (χ1) is 17.5. The molecule has 0 spiro atoms. The molecule has 2 aromatic carbocycles. The van der Waals surface area contributed by atoms with Crippen molar-refractivity contribution >= 4 is 17.7 Å². The molecule has 198 valence electrons. The molecule has 2 fully saturated rings. The number of carbonyl (C=O) groups is 3. The van der Waals surface area contributed by atoms with E-state index in [-0.39, 0.29) is 35.5 Å². The van der Waals surface area contributed by atoms with E-state index >= 15 is 0 Å². The minimum Gasteiger partial charge on any atom is -0.350 e. The van der Waals surface area contributed by atoms with Crippen LogP contribution in [0.3, 0.4) is 0 Å². The standard InChI is InChI=1S/C29H37FN4O3/c1-29(2,3)21-10-8-19(9-11-21)27(36)33-16-5-17-34(28(37)20-6-4-7-22(30)18-20)26(33)25(35)32-24-14-12-23(31)13-15-24/h4,6-11,18,23-24,26H,5,12-17,31H2,1-3H3,(H,32,35). The highest BCUT2D eigenvalue weighted by molar-refractivity contribution is 6.01. The molecule has 8 heteroatoms. The van der Waals surface area contributed by atoms with Gasteiger partial charge in [-0.25, -0.2) is 4.39 Å². The average molecular weight is 509 g/mol. The minimum atomic E-state index is -1.13. The lowest BCUT2D eigenvalue weighted by molar-refractivity contribution is -0.133. The SMILES string of the molecule is CC(C)(C)c1ccc(C(=O)N2CCCN(C(=O)c3cccc(F)c3)C2C(=O)NC2CCC(N)CC2)cc1. The van der Waals surface area contributed by atoms with E-state index in [0.717, 1.165) is 37.3 Å². The number of amides is 3. The summed E-state index contributed by atoms with van der Waals surface area (Å²) in [5.74, 6) is -1.73. The Labute approximate surface area is 218 Å². The van der Waals surface area contributed by atoms with Crippen LogP contribution in [-0.2, 0) is 10.2 Å². The maximum absolute atomic E-state index is 13.9. The Bertz CT molecular complexity index is 1140. The minimum absolute atomic E-state index is 0.0637. The molecular formula is C29H37FN4O3. The lowest BCUT2D eigenvalue weighted by Crippen LogP contribution is -2.64. The predicted octanol–water partition coefficient (Wildman–Crippen LogP) is 3.82. The maximum atomic E-state index is 13.9. The van der Waals surface area contributed by atoms with Gasteiger partial charge >= 0.3 is 0 Å². The normalized spacial score (nSPS) is 22.5. The van der Waals surface area contributed by atoms with Gasteiger partial charge in [-0.1, -0.05) is 39.0 Å². The van der Waals surface area contributed by atoms with Gasteiger partial charge in [0.2, 0.25) is 0 Å². The smallest absolute Gasteiger partial charge is 0.264 e. The number of nitrogens with two attached hydrogens (primary N) is 1. The summed E-state index contributed by atoms with van der Waals surface area (Å²) in [6, 6.07) is 12.9. The highest BCUT2D eigenvalue weighted by atomic mass is 19.1. The number of nitrogens with zero attached hydrogens (tertiary/aromatic N) is 2. The molecule has 7 nitrogen and oxygen atoms in total. The third kappa shape index (κ3) is 6.18. The summed E-state index contributed by atoms with van der Waals surface area (Å²) in [6.07, 6.45) is 2.50. The van der Waals surface area contributed by atoms with Crippen molar-refractivity contribution in [3.8, 4) is 0 Å². The number of halogens is 1. The van der Waals surface area contributed by atoms with Gasteiger partial charge in [0, 0.05) is 36.3 Å². The quantitative estimate of drug-likeness (QED) is 0.656. The van der Waals surface area contributed by atoms with Crippen LogP contribution in [0.2, 0.25) is 0 Å². The van der Waals surface area contributed by atoms with E-state index in [0.29, 0.717) is 18.5 Å². The number of carbonyl (C=O) groups excluding carboxylic acids is 3. The van der Waals surface area contributed by atoms with Crippen molar-refractivity contribution < 1.29 is 18.8 Å². The molecule has 1 unspecified atom stereocenters. The number of benzene rings is 2. The summed E-state index contributed by atoms with van der Waals surface area (Å²) in [7, 11) is 0. The molecule has 1 heterocycles. The van der Waals surface area contributed by atoms with Gasteiger partial charge in [0.25, 0.3) is 17.7 Å². The predicted molar refractivity (Wildman–Crippen MR) is 140 cm³/mol. The second-order valence-electron chi connectivity index (χ2n) is 11.2. The summed E-state index contributed by atoms with van der Waals surface area (Å²) in [4.78, 5) is 43.7. The van der Waals surface area contributed by atoms with Crippen LogP contribution in [0, 0.1) is 5.82 Å². The summed E-state index contributed by atoms with van der Waals surface area (Å²) in [5, 5.41) is 3.07. The van der Waals surface area contributed by atoms with E-state index in [1.54, 1.807) is 12.1 Å². The Morgan fingerprint density at radius 3 is 2.05 bits per heavy atom. The molecule has 0 bridgehead atoms. The van der Waals surface area contributed by atoms with Crippen molar-refractivity contribution in [3.05, 3.63) is 71.0 Å². The van der Waals surface area contributed by atoms with Gasteiger partial charge in [-0.15, -0.1) is 0 Å². The zero-order chi connectivity index (χ0) is 26.7. The van der Waals surface area contributed by atoms with Crippen LogP contribution < -0.4 is 11.1 Å². The van der Waals surface area contributed by atoms with Crippen LogP contribution in [0.1, 0.15) is 79.2 Å². The number of hydrogen-bond donors (Lipinski definition) is 2. The van der Waals surface area contributed by atoms with E-state index < -0.39 is 23.8 Å². The lowest BCUT2D eigenvalue weighted by atomic mass is 9.86. The maximum Gasteiger partial charge on any atom is 0.264 e. The Morgan fingerprint density at radius 2 is 1.49 bits per heavy atom. The van der Waals surface area contributed by atoms with Crippen LogP contribution in [0.15, 0.2) is 48.5 Å². The highest BCUT2D eigenvalue weighted by Crippen LogP contribution is 2.25. The zero-order valence-corrected chi connectivity index (χ0v) is 21.9. The summed E-state index contributed by atoms with van der Waals surface area (Å²) >= 11 is 0. The molecule has 2 aliphatic rings. The van der Waals surface area contributed by atoms with E-state index in [4.69, 9.17) is 5.73 Å². The average Bonchev–Trinajstić information content (AvgIpc) is 2.88. The molecule has 3 N–H and O–H groups in total. The van der Waals surface area contributed by atoms with Gasteiger partial charge in [-0.05, 0) is 73.4 Å². The Hall–Kier alpha value is -3.26. The molecule has 3 amide bonds. The molecule has 1 saturated heterocycles. The third-order valence-corrected chi connectivity index (χ3v) is 7.33. The molecule has 37 heavy (non-hydrogen) atoms. The van der Waals surface area contributed by atoms with Crippen molar-refractivity contribution in [3.63, 3.8) is 0 Å². The fourth-order valence-corrected chi connectivity index (χ4v) is 5.14. The van der Waals surface area contributed by atoms with Crippen molar-refractivity contribution in [2.75, 3.05) is 13.1 Å². The number of rotatable bonds is 4. The molecule has 1 aliphatic heterocycles. The number of nitrogens with one attached hydrogen (secondary N) is 1. The second kappa shape index (κ2) is 11.0. The van der Waals surface area contributed by atoms with Crippen molar-refractivity contribution in [2.45, 2.75) is 76.5 Å². The summed E-state index contributed by atoms with van der Waals surface area (Å²) < 4.78 is 13.9. The topological polar surface area (TPSA) is 95.7 Å². The molecule has 0 aromatic heterocycles. The fraction of sp³-hybridized carbons (Fsp3) is 0.483. The second-order valence-corrected chi connectivity index (χ2v) is 11.2. The van der Waals surface area contributed by atoms with Crippen molar-refractivity contribution in [2.24, 2.45) is 5.73 Å². The molecule has 0 radical (unpaired) electrons. The molecule has 1 atom stereocenters. The van der Waals surface area contributed by atoms with Gasteiger partial charge in [0.05, 0.1) is 0 Å². The van der Waals surface area contributed by atoms with Gasteiger partial charge in [-0.2, -0.15) is 0 Å². The van der Waals surface area contributed by atoms with Crippen LogP contribution in [-0.4, -0.2) is 58.9 Å². The van der Waals surface area contributed by atoms with Crippen LogP contribution in [0.25, 0.3) is 0 Å². The zero-order valence-electron chi connectivity index (χ0n) is 21.9. The fourth-order valence-electron chi connectivity index (χ4n) is 5.14. The Morgan fingerprint density at radius 1 is 0.892 bits per heavy atom. The Balaban J connectivity index is 1.63.